The van der Waals surface area contributed by atoms with Crippen molar-refractivity contribution in [1.29, 1.82) is 0 Å². The van der Waals surface area contributed by atoms with Crippen LogP contribution in [0.3, 0.4) is 0 Å². The Bertz CT molecular complexity index is 162. The van der Waals surface area contributed by atoms with Gasteiger partial charge in [0.25, 0.3) is 0 Å². The van der Waals surface area contributed by atoms with E-state index in [0.29, 0.717) is 6.04 Å². The third-order valence-corrected chi connectivity index (χ3v) is 3.15. The molecule has 0 aliphatic rings. The van der Waals surface area contributed by atoms with Crippen molar-refractivity contribution in [3.63, 3.8) is 0 Å². The van der Waals surface area contributed by atoms with Crippen LogP contribution in [0.15, 0.2) is 0 Å². The molecule has 1 atom stereocenters. The lowest BCUT2D eigenvalue weighted by Gasteiger charge is -2.27. The van der Waals surface area contributed by atoms with Gasteiger partial charge in [0.2, 0.25) is 0 Å². The lowest BCUT2D eigenvalue weighted by Crippen LogP contribution is -2.40. The van der Waals surface area contributed by atoms with E-state index in [-0.39, 0.29) is 0 Å². The monoisotopic (exact) mass is 244 g/mol. The van der Waals surface area contributed by atoms with E-state index in [1.54, 1.807) is 7.11 Å². The summed E-state index contributed by atoms with van der Waals surface area (Å²) < 4.78 is 5.20. The van der Waals surface area contributed by atoms with Crippen LogP contribution in [-0.2, 0) is 4.74 Å². The van der Waals surface area contributed by atoms with Crippen molar-refractivity contribution in [2.24, 2.45) is 5.92 Å². The van der Waals surface area contributed by atoms with Crippen molar-refractivity contribution in [3.05, 3.63) is 0 Å². The molecule has 3 nitrogen and oxygen atoms in total. The van der Waals surface area contributed by atoms with E-state index in [1.807, 2.05) is 0 Å². The van der Waals surface area contributed by atoms with Crippen LogP contribution in [0.2, 0.25) is 0 Å². The summed E-state index contributed by atoms with van der Waals surface area (Å²) in [5.74, 6) is 0.825. The predicted octanol–water partition coefficient (Wildman–Crippen LogP) is 2.37. The normalized spacial score (nSPS) is 13.6. The van der Waals surface area contributed by atoms with Crippen LogP contribution in [0.1, 0.15) is 40.5 Å². The standard InChI is InChI=1S/C14H32N2O/c1-6-16(14(4)12-17-5)11-10-15-9-7-8-13(2)3/h13-15H,6-12H2,1-5H3. The number of nitrogens with zero attached hydrogens (tertiary/aromatic N) is 1. The Hall–Kier alpha value is -0.120. The Balaban J connectivity index is 3.49. The first-order valence-electron chi connectivity index (χ1n) is 7.05. The number of likely N-dealkylation sites (N-methyl/N-ethyl adjacent to an activating group) is 1. The molecule has 0 spiro atoms. The molecule has 0 rings (SSSR count). The molecule has 0 aromatic heterocycles. The maximum Gasteiger partial charge on any atom is 0.0615 e. The number of hydrogen-bond donors (Lipinski definition) is 1. The SMILES string of the molecule is CCN(CCNCCCC(C)C)C(C)COC. The van der Waals surface area contributed by atoms with Gasteiger partial charge < -0.3 is 10.1 Å². The summed E-state index contributed by atoms with van der Waals surface area (Å²) in [5, 5.41) is 3.52. The number of methoxy groups -OCH3 is 1. The summed E-state index contributed by atoms with van der Waals surface area (Å²) in [6.45, 7) is 14.3. The fourth-order valence-corrected chi connectivity index (χ4v) is 2.02. The predicted molar refractivity (Wildman–Crippen MR) is 75.5 cm³/mol. The van der Waals surface area contributed by atoms with Crippen LogP contribution >= 0.6 is 0 Å². The quantitative estimate of drug-likeness (QED) is 0.565. The van der Waals surface area contributed by atoms with Gasteiger partial charge in [-0.15, -0.1) is 0 Å². The van der Waals surface area contributed by atoms with Crippen LogP contribution < -0.4 is 5.32 Å². The minimum atomic E-state index is 0.516. The molecular weight excluding hydrogens is 212 g/mol. The van der Waals surface area contributed by atoms with E-state index in [0.717, 1.165) is 38.7 Å². The Morgan fingerprint density at radius 3 is 2.41 bits per heavy atom. The number of nitrogens with one attached hydrogen (secondary N) is 1. The highest BCUT2D eigenvalue weighted by molar-refractivity contribution is 4.66. The molecule has 1 unspecified atom stereocenters. The van der Waals surface area contributed by atoms with E-state index < -0.39 is 0 Å². The van der Waals surface area contributed by atoms with Crippen molar-refractivity contribution in [2.75, 3.05) is 39.9 Å². The molecule has 3 heteroatoms. The number of ether oxygens (including phenoxy) is 1. The molecule has 104 valence electrons. The maximum absolute atomic E-state index is 5.20. The molecule has 0 aromatic carbocycles. The van der Waals surface area contributed by atoms with Gasteiger partial charge in [-0.05, 0) is 38.8 Å². The summed E-state index contributed by atoms with van der Waals surface area (Å²) in [6.07, 6.45) is 2.61. The zero-order valence-corrected chi connectivity index (χ0v) is 12.5. The molecule has 17 heavy (non-hydrogen) atoms. The first-order chi connectivity index (χ1) is 8.11. The van der Waals surface area contributed by atoms with Crippen LogP contribution in [0.25, 0.3) is 0 Å². The molecule has 0 aromatic rings. The summed E-state index contributed by atoms with van der Waals surface area (Å²) >= 11 is 0. The third kappa shape index (κ3) is 9.57. The molecule has 1 N–H and O–H groups in total. The highest BCUT2D eigenvalue weighted by Crippen LogP contribution is 2.02. The maximum atomic E-state index is 5.20. The molecule has 0 radical (unpaired) electrons. The van der Waals surface area contributed by atoms with Gasteiger partial charge >= 0.3 is 0 Å². The van der Waals surface area contributed by atoms with Gasteiger partial charge in [0, 0.05) is 26.2 Å². The largest absolute Gasteiger partial charge is 0.383 e. The van der Waals surface area contributed by atoms with Crippen LogP contribution in [0.5, 0.6) is 0 Å². The van der Waals surface area contributed by atoms with E-state index in [9.17, 15) is 0 Å². The minimum absolute atomic E-state index is 0.516. The van der Waals surface area contributed by atoms with Gasteiger partial charge in [-0.3, -0.25) is 4.90 Å². The van der Waals surface area contributed by atoms with E-state index in [2.05, 4.69) is 37.9 Å². The Kier molecular flexibility index (Phi) is 10.9. The lowest BCUT2D eigenvalue weighted by molar-refractivity contribution is 0.103. The van der Waals surface area contributed by atoms with Gasteiger partial charge in [0.1, 0.15) is 0 Å². The first kappa shape index (κ1) is 16.9. The molecule has 0 saturated carbocycles. The fraction of sp³-hybridized carbons (Fsp3) is 1.00. The average molecular weight is 244 g/mol. The molecule has 0 saturated heterocycles. The minimum Gasteiger partial charge on any atom is -0.383 e. The van der Waals surface area contributed by atoms with Crippen LogP contribution in [-0.4, -0.2) is 50.8 Å². The summed E-state index contributed by atoms with van der Waals surface area (Å²) in [4.78, 5) is 2.46. The molecule has 0 amide bonds. The van der Waals surface area contributed by atoms with Gasteiger partial charge in [0.05, 0.1) is 6.61 Å². The highest BCUT2D eigenvalue weighted by atomic mass is 16.5. The van der Waals surface area contributed by atoms with E-state index in [4.69, 9.17) is 4.74 Å². The summed E-state index contributed by atoms with van der Waals surface area (Å²) in [7, 11) is 1.77. The van der Waals surface area contributed by atoms with Crippen molar-refractivity contribution < 1.29 is 4.74 Å². The highest BCUT2D eigenvalue weighted by Gasteiger charge is 2.10. The van der Waals surface area contributed by atoms with Crippen molar-refractivity contribution >= 4 is 0 Å². The zero-order valence-electron chi connectivity index (χ0n) is 12.5. The second-order valence-corrected chi connectivity index (χ2v) is 5.22. The molecule has 0 heterocycles. The Morgan fingerprint density at radius 2 is 1.88 bits per heavy atom. The number of rotatable bonds is 11. The smallest absolute Gasteiger partial charge is 0.0615 e. The first-order valence-corrected chi connectivity index (χ1v) is 7.05. The Morgan fingerprint density at radius 1 is 1.18 bits per heavy atom. The summed E-state index contributed by atoms with van der Waals surface area (Å²) in [5.41, 5.74) is 0. The number of hydrogen-bond acceptors (Lipinski definition) is 3. The third-order valence-electron chi connectivity index (χ3n) is 3.15. The molecule has 0 aliphatic heterocycles. The van der Waals surface area contributed by atoms with Crippen LogP contribution in [0, 0.1) is 5.92 Å². The summed E-state index contributed by atoms with van der Waals surface area (Å²) in [6, 6.07) is 0.516. The Labute approximate surface area is 108 Å². The van der Waals surface area contributed by atoms with Crippen LogP contribution in [0.4, 0.5) is 0 Å². The fourth-order valence-electron chi connectivity index (χ4n) is 2.02. The average Bonchev–Trinajstić information content (AvgIpc) is 2.28. The zero-order chi connectivity index (χ0) is 13.1. The van der Waals surface area contributed by atoms with Crippen molar-refractivity contribution in [3.8, 4) is 0 Å². The van der Waals surface area contributed by atoms with Crippen molar-refractivity contribution in [2.45, 2.75) is 46.6 Å². The van der Waals surface area contributed by atoms with E-state index in [1.165, 1.54) is 12.8 Å². The van der Waals surface area contributed by atoms with E-state index >= 15 is 0 Å². The second kappa shape index (κ2) is 11.0. The molecule has 0 bridgehead atoms. The van der Waals surface area contributed by atoms with Gasteiger partial charge in [-0.2, -0.15) is 0 Å². The van der Waals surface area contributed by atoms with Gasteiger partial charge in [0.15, 0.2) is 0 Å². The lowest BCUT2D eigenvalue weighted by atomic mass is 10.1. The van der Waals surface area contributed by atoms with Gasteiger partial charge in [-0.1, -0.05) is 20.8 Å². The van der Waals surface area contributed by atoms with Gasteiger partial charge in [-0.25, -0.2) is 0 Å². The molecule has 0 aliphatic carbocycles. The van der Waals surface area contributed by atoms with Crippen molar-refractivity contribution in [1.82, 2.24) is 10.2 Å². The second-order valence-electron chi connectivity index (χ2n) is 5.22. The molecule has 0 fully saturated rings. The topological polar surface area (TPSA) is 24.5 Å². The molecular formula is C14H32N2O.